The molecule has 2 fully saturated rings. The van der Waals surface area contributed by atoms with Crippen molar-refractivity contribution in [1.29, 1.82) is 0 Å². The highest BCUT2D eigenvalue weighted by Gasteiger charge is 2.74. The highest BCUT2D eigenvalue weighted by molar-refractivity contribution is 7.21. The van der Waals surface area contributed by atoms with Gasteiger partial charge in [0.1, 0.15) is 22.5 Å². The zero-order chi connectivity index (χ0) is 24.3. The fraction of sp³-hybridized carbons (Fsp3) is 0.346. The quantitative estimate of drug-likeness (QED) is 0.280. The van der Waals surface area contributed by atoms with Crippen molar-refractivity contribution in [2.24, 2.45) is 5.92 Å². The minimum atomic E-state index is -1.44. The first-order valence-corrected chi connectivity index (χ1v) is 12.6. The Morgan fingerprint density at radius 1 is 1.00 bits per heavy atom. The molecule has 0 radical (unpaired) electrons. The van der Waals surface area contributed by atoms with Gasteiger partial charge >= 0.3 is 0 Å². The number of fused-ring (bicyclic) bond motifs is 2. The minimum Gasteiger partial charge on any atom is -0.390 e. The molecule has 2 heterocycles. The lowest BCUT2D eigenvalue weighted by Crippen LogP contribution is -2.42. The molecule has 0 bridgehead atoms. The van der Waals surface area contributed by atoms with Crippen LogP contribution in [0.5, 0.6) is 0 Å². The Labute approximate surface area is 206 Å². The maximum Gasteiger partial charge on any atom is 0.225 e. The van der Waals surface area contributed by atoms with E-state index in [1.165, 1.54) is 5.56 Å². The number of hydrogen-bond acceptors (Lipinski definition) is 9. The summed E-state index contributed by atoms with van der Waals surface area (Å²) in [6.45, 7) is 4.55. The molecule has 0 aliphatic heterocycles. The van der Waals surface area contributed by atoms with Crippen molar-refractivity contribution < 1.29 is 15.3 Å². The Kier molecular flexibility index (Phi) is 5.26. The van der Waals surface area contributed by atoms with Gasteiger partial charge < -0.3 is 26.0 Å². The molecule has 4 aromatic rings. The van der Waals surface area contributed by atoms with E-state index in [9.17, 15) is 15.3 Å². The largest absolute Gasteiger partial charge is 0.390 e. The summed E-state index contributed by atoms with van der Waals surface area (Å²) in [7, 11) is 0. The summed E-state index contributed by atoms with van der Waals surface area (Å²) in [5.41, 5.74) is 3.30. The molecular weight excluding hydrogens is 462 g/mol. The first-order valence-electron chi connectivity index (χ1n) is 11.7. The molecule has 35 heavy (non-hydrogen) atoms. The van der Waals surface area contributed by atoms with Crippen molar-refractivity contribution in [3.8, 4) is 10.6 Å². The van der Waals surface area contributed by atoms with E-state index < -0.39 is 23.9 Å². The molecule has 2 aliphatic rings. The standard InChI is InChI=1S/C26H27N5O3S/c1-13-7-9-15(10-8-13)12-27-25-28-14(2)20(24-30-17-5-3-4-6-19(17)35-24)23(31-25)29-18-11-16-21(32)26(16,34)22(18)33/h3-10,16,18,21-22,32-34H,11-12H2,1-2H3,(H2,27,28,29,31)/t16-,18-,21?,22+,26+/m1/s1. The van der Waals surface area contributed by atoms with Crippen LogP contribution in [0.3, 0.4) is 0 Å². The fourth-order valence-electron chi connectivity index (χ4n) is 5.08. The molecule has 8 nitrogen and oxygen atoms in total. The fourth-order valence-corrected chi connectivity index (χ4v) is 6.14. The lowest BCUT2D eigenvalue weighted by atomic mass is 10.1. The molecule has 5 atom stereocenters. The van der Waals surface area contributed by atoms with E-state index in [1.807, 2.05) is 31.2 Å². The Morgan fingerprint density at radius 2 is 1.77 bits per heavy atom. The first kappa shape index (κ1) is 22.4. The number of benzene rings is 2. The molecule has 1 unspecified atom stereocenters. The van der Waals surface area contributed by atoms with Crippen molar-refractivity contribution in [3.05, 3.63) is 65.4 Å². The summed E-state index contributed by atoms with van der Waals surface area (Å²) in [5, 5.41) is 38.7. The number of hydrogen-bond donors (Lipinski definition) is 5. The average molecular weight is 490 g/mol. The molecular formula is C26H27N5O3S. The predicted octanol–water partition coefficient (Wildman–Crippen LogP) is 3.25. The molecule has 9 heteroatoms. The van der Waals surface area contributed by atoms with Crippen molar-refractivity contribution in [2.75, 3.05) is 10.6 Å². The third-order valence-corrected chi connectivity index (χ3v) is 8.25. The number of aliphatic hydroxyl groups excluding tert-OH is 2. The van der Waals surface area contributed by atoms with Gasteiger partial charge in [0.15, 0.2) is 0 Å². The van der Waals surface area contributed by atoms with Crippen LogP contribution in [0.15, 0.2) is 48.5 Å². The van der Waals surface area contributed by atoms with Gasteiger partial charge in [-0.1, -0.05) is 42.0 Å². The van der Waals surface area contributed by atoms with Crippen molar-refractivity contribution in [2.45, 2.75) is 50.7 Å². The van der Waals surface area contributed by atoms with Gasteiger partial charge in [0, 0.05) is 12.5 Å². The number of rotatable bonds is 6. The second-order valence-electron chi connectivity index (χ2n) is 9.55. The molecule has 0 spiro atoms. The van der Waals surface area contributed by atoms with Crippen LogP contribution >= 0.6 is 11.3 Å². The number of anilines is 2. The first-order chi connectivity index (χ1) is 16.8. The van der Waals surface area contributed by atoms with E-state index in [1.54, 1.807) is 11.3 Å². The Hall–Kier alpha value is -3.11. The van der Waals surface area contributed by atoms with E-state index >= 15 is 0 Å². The van der Waals surface area contributed by atoms with Crippen LogP contribution in [0.25, 0.3) is 20.8 Å². The Balaban J connectivity index is 1.35. The zero-order valence-electron chi connectivity index (χ0n) is 19.4. The normalized spacial score (nSPS) is 27.1. The summed E-state index contributed by atoms with van der Waals surface area (Å²) in [4.78, 5) is 14.3. The molecule has 2 aromatic heterocycles. The van der Waals surface area contributed by atoms with Crippen LogP contribution in [-0.4, -0.2) is 54.1 Å². The molecule has 0 saturated heterocycles. The van der Waals surface area contributed by atoms with Gasteiger partial charge in [-0.25, -0.2) is 9.97 Å². The number of thiazole rings is 1. The molecule has 2 aromatic carbocycles. The second-order valence-corrected chi connectivity index (χ2v) is 10.6. The lowest BCUT2D eigenvalue weighted by molar-refractivity contribution is -0.0262. The van der Waals surface area contributed by atoms with Gasteiger partial charge in [-0.3, -0.25) is 0 Å². The van der Waals surface area contributed by atoms with Crippen molar-refractivity contribution in [1.82, 2.24) is 15.0 Å². The molecule has 6 rings (SSSR count). The minimum absolute atomic E-state index is 0.331. The predicted molar refractivity (Wildman–Crippen MR) is 136 cm³/mol. The van der Waals surface area contributed by atoms with Crippen molar-refractivity contribution >= 4 is 33.3 Å². The SMILES string of the molecule is Cc1ccc(CNc2nc(C)c(-c3nc4ccccc4s3)c(N[C@@H]3C[C@@H]4C(O)[C@]4(O)[C@H]3O)n2)cc1. The number of nitrogens with one attached hydrogen (secondary N) is 2. The van der Waals surface area contributed by atoms with Gasteiger partial charge in [-0.05, 0) is 38.0 Å². The van der Waals surface area contributed by atoms with Gasteiger partial charge in [0.2, 0.25) is 5.95 Å². The van der Waals surface area contributed by atoms with E-state index in [4.69, 9.17) is 15.0 Å². The Bertz CT molecular complexity index is 1380. The maximum atomic E-state index is 10.7. The third kappa shape index (κ3) is 3.75. The van der Waals surface area contributed by atoms with Crippen LogP contribution in [0.1, 0.15) is 23.2 Å². The number of aryl methyl sites for hydroxylation is 2. The van der Waals surface area contributed by atoms with E-state index in [0.717, 1.165) is 32.0 Å². The number of aromatic nitrogens is 3. The third-order valence-electron chi connectivity index (χ3n) is 7.19. The van der Waals surface area contributed by atoms with E-state index in [0.29, 0.717) is 24.7 Å². The summed E-state index contributed by atoms with van der Waals surface area (Å²) < 4.78 is 1.06. The monoisotopic (exact) mass is 489 g/mol. The van der Waals surface area contributed by atoms with Gasteiger partial charge in [-0.2, -0.15) is 4.98 Å². The number of nitrogens with zero attached hydrogens (tertiary/aromatic N) is 3. The molecule has 5 N–H and O–H groups in total. The summed E-state index contributed by atoms with van der Waals surface area (Å²) >= 11 is 1.56. The summed E-state index contributed by atoms with van der Waals surface area (Å²) in [5.74, 6) is 0.682. The van der Waals surface area contributed by atoms with E-state index in [2.05, 4.69) is 41.8 Å². The number of para-hydroxylation sites is 1. The highest BCUT2D eigenvalue weighted by atomic mass is 32.1. The van der Waals surface area contributed by atoms with E-state index in [-0.39, 0.29) is 5.92 Å². The molecule has 180 valence electrons. The van der Waals surface area contributed by atoms with Crippen LogP contribution < -0.4 is 10.6 Å². The zero-order valence-corrected chi connectivity index (χ0v) is 20.3. The molecule has 0 amide bonds. The second kappa shape index (κ2) is 8.23. The van der Waals surface area contributed by atoms with Gasteiger partial charge in [-0.15, -0.1) is 11.3 Å². The average Bonchev–Trinajstić information content (AvgIpc) is 3.13. The van der Waals surface area contributed by atoms with Crippen LogP contribution in [0.4, 0.5) is 11.8 Å². The smallest absolute Gasteiger partial charge is 0.225 e. The molecule has 2 aliphatic carbocycles. The molecule has 2 saturated carbocycles. The number of aliphatic hydroxyl groups is 3. The van der Waals surface area contributed by atoms with Gasteiger partial charge in [0.05, 0.1) is 33.6 Å². The van der Waals surface area contributed by atoms with Crippen LogP contribution in [0, 0.1) is 19.8 Å². The summed E-state index contributed by atoms with van der Waals surface area (Å²) in [6, 6.07) is 15.8. The summed E-state index contributed by atoms with van der Waals surface area (Å²) in [6.07, 6.45) is -1.52. The Morgan fingerprint density at radius 3 is 2.49 bits per heavy atom. The van der Waals surface area contributed by atoms with Crippen LogP contribution in [0.2, 0.25) is 0 Å². The van der Waals surface area contributed by atoms with Crippen LogP contribution in [-0.2, 0) is 6.54 Å². The topological polar surface area (TPSA) is 123 Å². The highest BCUT2D eigenvalue weighted by Crippen LogP contribution is 2.56. The van der Waals surface area contributed by atoms with Crippen molar-refractivity contribution in [3.63, 3.8) is 0 Å². The van der Waals surface area contributed by atoms with Gasteiger partial charge in [0.25, 0.3) is 0 Å². The maximum absolute atomic E-state index is 10.7. The lowest BCUT2D eigenvalue weighted by Gasteiger charge is -2.25.